The van der Waals surface area contributed by atoms with Gasteiger partial charge in [0.1, 0.15) is 34.4 Å². The summed E-state index contributed by atoms with van der Waals surface area (Å²) < 4.78 is 84.9. The van der Waals surface area contributed by atoms with Crippen LogP contribution in [0.2, 0.25) is 0 Å². The number of nitriles is 4. The number of carbonyl (C=O) groups excluding carboxylic acids is 1. The van der Waals surface area contributed by atoms with E-state index in [0.717, 1.165) is 87.7 Å². The number of aromatic nitrogens is 12. The third-order valence-electron chi connectivity index (χ3n) is 23.3. The number of carboxylic acids is 3. The van der Waals surface area contributed by atoms with Gasteiger partial charge in [0.05, 0.1) is 156 Å². The molecule has 0 fully saturated rings. The van der Waals surface area contributed by atoms with Crippen molar-refractivity contribution in [3.05, 3.63) is 322 Å². The van der Waals surface area contributed by atoms with E-state index in [1.165, 1.54) is 95.4 Å². The predicted octanol–water partition coefficient (Wildman–Crippen LogP) is 19.9. The topological polar surface area (TPSA) is 430 Å². The number of pyridine rings is 4. The first-order valence-electron chi connectivity index (χ1n) is 43.2. The SMILES string of the molecule is COC(=O)C(Oc1cc2c(cc1OC)ncc1c2c(-c2ccc(C#N)cc2)nn1C)c1ccc(F)cc1.COc1cc2ncc3c(c(-c4ccc(C#N)cc4)nn3C)c2cc1OC(C(=O)O)c1ccc(F)cc1.COc1cc2ncc3c(c(-c4ccc(C#N)cc4)nn3C)c2cc1OC(C(=O)O)c1ccccc1.COc1cc2ncc3c(c(-c4ccc(C#N)cc4)nn3C)c2cc1OC(C(=O)O)c1cccs1. The van der Waals surface area contributed by atoms with Crippen molar-refractivity contribution in [1.82, 2.24) is 59.1 Å². The fraction of sp³-hybridized carbons (Fsp3) is 0.121. The Hall–Kier alpha value is -19.3. The molecule has 9 aromatic heterocycles. The van der Waals surface area contributed by atoms with Crippen molar-refractivity contribution in [2.45, 2.75) is 24.4 Å². The van der Waals surface area contributed by atoms with Gasteiger partial charge in [0, 0.05) is 134 Å². The van der Waals surface area contributed by atoms with E-state index in [1.54, 1.807) is 189 Å². The molecule has 142 heavy (non-hydrogen) atoms. The average molecular weight is 1910 g/mol. The number of hydrogen-bond donors (Lipinski definition) is 3. The van der Waals surface area contributed by atoms with Gasteiger partial charge in [-0.25, -0.2) is 28.0 Å². The fourth-order valence-corrected chi connectivity index (χ4v) is 17.1. The largest absolute Gasteiger partial charge is 0.493 e. The maximum Gasteiger partial charge on any atom is 0.351 e. The summed E-state index contributed by atoms with van der Waals surface area (Å²) in [6, 6.07) is 73.7. The number of fused-ring (bicyclic) bond motifs is 12. The van der Waals surface area contributed by atoms with E-state index < -0.39 is 59.9 Å². The summed E-state index contributed by atoms with van der Waals surface area (Å²) in [5.74, 6) is -2.57. The van der Waals surface area contributed by atoms with Crippen molar-refractivity contribution >= 4 is 122 Å². The summed E-state index contributed by atoms with van der Waals surface area (Å²) >= 11 is 1.31. The predicted molar refractivity (Wildman–Crippen MR) is 523 cm³/mol. The number of benzene rings is 11. The third-order valence-corrected chi connectivity index (χ3v) is 24.3. The Morgan fingerprint density at radius 3 is 0.852 bits per heavy atom. The highest BCUT2D eigenvalue weighted by atomic mass is 32.1. The van der Waals surface area contributed by atoms with Crippen molar-refractivity contribution < 1.29 is 85.9 Å². The molecule has 35 heteroatoms. The number of carbonyl (C=O) groups is 4. The zero-order chi connectivity index (χ0) is 99.8. The molecule has 0 amide bonds. The summed E-state index contributed by atoms with van der Waals surface area (Å²) in [6.07, 6.45) is 1.97. The lowest BCUT2D eigenvalue weighted by Crippen LogP contribution is -2.20. The normalized spacial score (nSPS) is 11.8. The first-order chi connectivity index (χ1) is 68.8. The van der Waals surface area contributed by atoms with Gasteiger partial charge in [-0.2, -0.15) is 41.4 Å². The van der Waals surface area contributed by atoms with Gasteiger partial charge < -0.3 is 58.0 Å². The molecule has 11 aromatic carbocycles. The summed E-state index contributed by atoms with van der Waals surface area (Å²) in [7, 11) is 14.5. The van der Waals surface area contributed by atoms with Crippen LogP contribution in [0.3, 0.4) is 0 Å². The summed E-state index contributed by atoms with van der Waals surface area (Å²) in [5.41, 5.74) is 15.2. The molecule has 20 aromatic rings. The lowest BCUT2D eigenvalue weighted by Gasteiger charge is -2.19. The van der Waals surface area contributed by atoms with E-state index in [4.69, 9.17) is 79.0 Å². The van der Waals surface area contributed by atoms with Crippen molar-refractivity contribution in [2.24, 2.45) is 28.2 Å². The van der Waals surface area contributed by atoms with Gasteiger partial charge in [-0.15, -0.1) is 11.3 Å². The number of carboxylic acid groups (broad SMARTS) is 3. The quantitative estimate of drug-likeness (QED) is 0.0473. The lowest BCUT2D eigenvalue weighted by atomic mass is 10.0. The van der Waals surface area contributed by atoms with E-state index in [2.05, 4.69) is 49.3 Å². The maximum absolute atomic E-state index is 13.5. The number of halogens is 2. The van der Waals surface area contributed by atoms with Crippen LogP contribution in [0.1, 0.15) is 68.2 Å². The highest BCUT2D eigenvalue weighted by Gasteiger charge is 2.32. The zero-order valence-electron chi connectivity index (χ0n) is 76.7. The second-order valence-corrected chi connectivity index (χ2v) is 32.8. The van der Waals surface area contributed by atoms with Gasteiger partial charge in [0.2, 0.25) is 24.4 Å². The van der Waals surface area contributed by atoms with E-state index in [-0.39, 0.29) is 22.8 Å². The lowest BCUT2D eigenvalue weighted by molar-refractivity contribution is -0.149. The molecule has 4 atom stereocenters. The number of aliphatic carboxylic acids is 3. The van der Waals surface area contributed by atoms with Crippen LogP contribution in [-0.2, 0) is 52.1 Å². The van der Waals surface area contributed by atoms with Crippen molar-refractivity contribution in [3.63, 3.8) is 0 Å². The molecule has 702 valence electrons. The first-order valence-corrected chi connectivity index (χ1v) is 44.1. The zero-order valence-corrected chi connectivity index (χ0v) is 77.5. The fourth-order valence-electron chi connectivity index (χ4n) is 16.3. The minimum Gasteiger partial charge on any atom is -0.493 e. The van der Waals surface area contributed by atoms with Crippen LogP contribution in [0.4, 0.5) is 8.78 Å². The van der Waals surface area contributed by atoms with E-state index in [1.807, 2.05) is 75.7 Å². The van der Waals surface area contributed by atoms with Crippen LogP contribution >= 0.6 is 11.3 Å². The standard InChI is InChI=1S/C28H21FN4O4.C27H19FN4O4.C27H20N4O4.C25H18N4O4S/c1-33-22-15-31-21-13-23(35-2)24(37-27(28(34)36-3)18-8-10-19(29)11-9-18)12-20(21)25(22)26(32-33)17-6-4-16(14-30)5-7-17;1-32-21-14-30-20-12-22(35-2)23(36-26(27(33)34)17-7-9-18(28)10-8-17)11-19(20)24(21)25(31-32)16-5-3-15(13-29)4-6-16;1-31-21-15-29-20-13-22(34-2)23(35-26(27(32)33)18-6-4-3-5-7-18)12-19(20)24(21)25(30-31)17-10-8-16(14-28)9-11-17;1-29-18-13-27-17-11-19(32-2)20(33-24(25(30)31)21-4-3-9-34-21)10-16(17)22(18)23(28-29)15-7-5-14(12-26)6-8-15/h4-13,15,27H,1-3H3;3-12,14,26H,1-2H3,(H,33,34);3-13,15,26H,1-2H3,(H,32,33);3-11,13,24H,1-2H3,(H,30,31). The number of thiophene rings is 1. The molecule has 0 spiro atoms. The third kappa shape index (κ3) is 19.0. The second-order valence-electron chi connectivity index (χ2n) is 31.9. The summed E-state index contributed by atoms with van der Waals surface area (Å²) in [6.45, 7) is 0. The molecule has 9 heterocycles. The molecule has 0 bridgehead atoms. The highest BCUT2D eigenvalue weighted by molar-refractivity contribution is 7.10. The molecule has 3 N–H and O–H groups in total. The number of hydrogen-bond acceptors (Lipinski definition) is 26. The number of ether oxygens (including phenoxy) is 9. The minimum absolute atomic E-state index is 0.186. The van der Waals surface area contributed by atoms with Gasteiger partial charge in [0.15, 0.2) is 46.0 Å². The second kappa shape index (κ2) is 40.7. The molecule has 4 unspecified atom stereocenters. The number of aryl methyl sites for hydroxylation is 4. The van der Waals surface area contributed by atoms with Gasteiger partial charge in [-0.3, -0.25) is 38.7 Å². The van der Waals surface area contributed by atoms with E-state index >= 15 is 0 Å². The monoisotopic (exact) mass is 1910 g/mol. The molecule has 0 saturated carbocycles. The molecule has 0 saturated heterocycles. The molecular formula is C107H78F2N16O16S. The summed E-state index contributed by atoms with van der Waals surface area (Å²) in [5, 5.41) is 92.8. The van der Waals surface area contributed by atoms with Gasteiger partial charge in [-0.05, 0) is 109 Å². The number of esters is 1. The van der Waals surface area contributed by atoms with Crippen molar-refractivity contribution in [1.29, 1.82) is 21.0 Å². The molecule has 0 aliphatic heterocycles. The van der Waals surface area contributed by atoms with Gasteiger partial charge in [-0.1, -0.05) is 109 Å². The van der Waals surface area contributed by atoms with Crippen LogP contribution in [0.25, 0.3) is 132 Å². The molecule has 0 aliphatic carbocycles. The van der Waals surface area contributed by atoms with E-state index in [0.29, 0.717) is 112 Å². The smallest absolute Gasteiger partial charge is 0.351 e. The van der Waals surface area contributed by atoms with Crippen LogP contribution in [0.5, 0.6) is 46.0 Å². The Labute approximate surface area is 809 Å². The number of rotatable bonds is 24. The van der Waals surface area contributed by atoms with Crippen molar-refractivity contribution in [2.75, 3.05) is 35.5 Å². The maximum atomic E-state index is 13.5. The van der Waals surface area contributed by atoms with Crippen LogP contribution in [-0.4, -0.2) is 134 Å². The highest BCUT2D eigenvalue weighted by Crippen LogP contribution is 2.47. The van der Waals surface area contributed by atoms with Crippen LogP contribution < -0.4 is 37.9 Å². The van der Waals surface area contributed by atoms with Crippen LogP contribution in [0, 0.1) is 57.0 Å². The Balaban J connectivity index is 0.000000130. The molecule has 0 aliphatic rings. The summed E-state index contributed by atoms with van der Waals surface area (Å²) in [4.78, 5) is 67.5. The van der Waals surface area contributed by atoms with Crippen LogP contribution in [0.15, 0.2) is 267 Å². The van der Waals surface area contributed by atoms with Gasteiger partial charge >= 0.3 is 23.9 Å². The molecule has 20 rings (SSSR count). The Morgan fingerprint density at radius 2 is 0.599 bits per heavy atom. The molecule has 0 radical (unpaired) electrons. The Morgan fingerprint density at radius 1 is 0.331 bits per heavy atom. The Kier molecular flexibility index (Phi) is 27.1. The van der Waals surface area contributed by atoms with E-state index in [9.17, 15) is 43.3 Å². The first kappa shape index (κ1) is 94.5. The number of methoxy groups -OCH3 is 5. The Bertz CT molecular complexity index is 8480. The molecule has 32 nitrogen and oxygen atoms in total. The average Bonchev–Trinajstić information content (AvgIpc) is 1.55. The minimum atomic E-state index is -1.39. The molecular weight excluding hydrogens is 1840 g/mol. The number of nitrogens with zero attached hydrogens (tertiary/aromatic N) is 16. The van der Waals surface area contributed by atoms with Gasteiger partial charge in [0.25, 0.3) is 0 Å². The van der Waals surface area contributed by atoms with Crippen molar-refractivity contribution in [3.8, 4) is 115 Å².